The molecule has 0 radical (unpaired) electrons. The van der Waals surface area contributed by atoms with E-state index >= 15 is 0 Å². The monoisotopic (exact) mass is 286 g/mol. The second kappa shape index (κ2) is 6.86. The summed E-state index contributed by atoms with van der Waals surface area (Å²) in [6.45, 7) is 2.40. The molecule has 0 fully saturated rings. The van der Waals surface area contributed by atoms with Crippen LogP contribution in [0.5, 0.6) is 0 Å². The van der Waals surface area contributed by atoms with Crippen LogP contribution >= 0.6 is 15.9 Å². The maximum Gasteiger partial charge on any atom is 0.0992 e. The van der Waals surface area contributed by atoms with Crippen molar-refractivity contribution >= 4 is 22.0 Å². The van der Waals surface area contributed by atoms with E-state index in [4.69, 9.17) is 5.11 Å². The highest BCUT2D eigenvalue weighted by Gasteiger charge is 2.08. The summed E-state index contributed by atoms with van der Waals surface area (Å²) in [5.74, 6) is 0. The van der Waals surface area contributed by atoms with Gasteiger partial charge in [0, 0.05) is 13.7 Å². The van der Waals surface area contributed by atoms with Crippen molar-refractivity contribution in [1.82, 2.24) is 9.78 Å². The third-order valence-corrected chi connectivity index (χ3v) is 3.38. The molecule has 0 bridgehead atoms. The Morgan fingerprint density at radius 3 is 2.75 bits per heavy atom. The van der Waals surface area contributed by atoms with Gasteiger partial charge in [-0.05, 0) is 47.7 Å². The Hall–Kier alpha value is -0.610. The molecular formula is C12H19BrN2O. The van der Waals surface area contributed by atoms with Gasteiger partial charge in [-0.25, -0.2) is 0 Å². The van der Waals surface area contributed by atoms with Crippen LogP contribution in [0.2, 0.25) is 0 Å². The molecule has 0 aliphatic heterocycles. The quantitative estimate of drug-likeness (QED) is 0.817. The summed E-state index contributed by atoms with van der Waals surface area (Å²) in [5, 5.41) is 13.1. The van der Waals surface area contributed by atoms with Crippen LogP contribution in [0.4, 0.5) is 0 Å². The molecule has 0 spiro atoms. The highest BCUT2D eigenvalue weighted by Crippen LogP contribution is 2.22. The molecule has 0 aromatic carbocycles. The molecule has 90 valence electrons. The van der Waals surface area contributed by atoms with Crippen LogP contribution in [-0.4, -0.2) is 21.5 Å². The minimum atomic E-state index is 0.279. The number of aliphatic hydroxyl groups excluding tert-OH is 1. The number of hydrogen-bond donors (Lipinski definition) is 1. The third-order valence-electron chi connectivity index (χ3n) is 2.52. The lowest BCUT2D eigenvalue weighted by Crippen LogP contribution is -1.96. The molecule has 0 aliphatic rings. The van der Waals surface area contributed by atoms with E-state index in [9.17, 15) is 0 Å². The van der Waals surface area contributed by atoms with E-state index in [0.29, 0.717) is 0 Å². The normalized spacial score (nSPS) is 11.5. The Bertz CT molecular complexity index is 358. The van der Waals surface area contributed by atoms with Gasteiger partial charge in [0.05, 0.1) is 15.9 Å². The zero-order valence-corrected chi connectivity index (χ0v) is 11.5. The van der Waals surface area contributed by atoms with Crippen LogP contribution in [-0.2, 0) is 13.5 Å². The number of rotatable bonds is 6. The molecule has 3 nitrogen and oxygen atoms in total. The van der Waals surface area contributed by atoms with Gasteiger partial charge in [-0.1, -0.05) is 13.0 Å². The van der Waals surface area contributed by atoms with Gasteiger partial charge in [0.1, 0.15) is 0 Å². The molecule has 0 atom stereocenters. The zero-order chi connectivity index (χ0) is 12.0. The second-order valence-electron chi connectivity index (χ2n) is 3.74. The zero-order valence-electron chi connectivity index (χ0n) is 9.91. The topological polar surface area (TPSA) is 38.1 Å². The number of unbranched alkanes of at least 4 members (excludes halogenated alkanes) is 2. The lowest BCUT2D eigenvalue weighted by Gasteiger charge is -1.95. The van der Waals surface area contributed by atoms with Crippen molar-refractivity contribution in [2.75, 3.05) is 6.61 Å². The fourth-order valence-corrected chi connectivity index (χ4v) is 2.36. The Kier molecular flexibility index (Phi) is 5.77. The lowest BCUT2D eigenvalue weighted by molar-refractivity contribution is 0.285. The summed E-state index contributed by atoms with van der Waals surface area (Å²) >= 11 is 3.57. The van der Waals surface area contributed by atoms with Crippen molar-refractivity contribution in [1.29, 1.82) is 0 Å². The smallest absolute Gasteiger partial charge is 0.0992 e. The molecule has 4 heteroatoms. The van der Waals surface area contributed by atoms with Gasteiger partial charge in [-0.2, -0.15) is 5.10 Å². The summed E-state index contributed by atoms with van der Waals surface area (Å²) in [6, 6.07) is 0. The highest BCUT2D eigenvalue weighted by molar-refractivity contribution is 9.10. The largest absolute Gasteiger partial charge is 0.396 e. The molecule has 0 saturated carbocycles. The molecule has 0 aliphatic carbocycles. The van der Waals surface area contributed by atoms with Crippen LogP contribution in [0.3, 0.4) is 0 Å². The maximum atomic E-state index is 8.65. The summed E-state index contributed by atoms with van der Waals surface area (Å²) < 4.78 is 3.01. The van der Waals surface area contributed by atoms with Gasteiger partial charge < -0.3 is 5.11 Å². The van der Waals surface area contributed by atoms with Crippen LogP contribution in [0, 0.1) is 0 Å². The van der Waals surface area contributed by atoms with Crippen molar-refractivity contribution < 1.29 is 5.11 Å². The first-order valence-electron chi connectivity index (χ1n) is 5.69. The van der Waals surface area contributed by atoms with Gasteiger partial charge in [0.2, 0.25) is 0 Å². The maximum absolute atomic E-state index is 8.65. The molecule has 1 aromatic heterocycles. The highest BCUT2D eigenvalue weighted by atomic mass is 79.9. The second-order valence-corrected chi connectivity index (χ2v) is 4.54. The Balaban J connectivity index is 2.60. The summed E-state index contributed by atoms with van der Waals surface area (Å²) in [7, 11) is 1.96. The van der Waals surface area contributed by atoms with Crippen molar-refractivity contribution in [3.8, 4) is 0 Å². The standard InChI is InChI=1S/C12H19BrN2O/c1-3-11-12(13)10(14-15(11)2)8-6-4-5-7-9-16/h6,8,16H,3-5,7,9H2,1-2H3. The average Bonchev–Trinajstić information content (AvgIpc) is 2.53. The number of aromatic nitrogens is 2. The van der Waals surface area contributed by atoms with E-state index in [1.165, 1.54) is 5.69 Å². The third kappa shape index (κ3) is 3.46. The van der Waals surface area contributed by atoms with Gasteiger partial charge in [0.25, 0.3) is 0 Å². The molecule has 1 aromatic rings. The first kappa shape index (κ1) is 13.5. The minimum Gasteiger partial charge on any atom is -0.396 e. The van der Waals surface area contributed by atoms with Gasteiger partial charge in [-0.15, -0.1) is 0 Å². The van der Waals surface area contributed by atoms with Crippen LogP contribution in [0.25, 0.3) is 6.08 Å². The van der Waals surface area contributed by atoms with E-state index in [-0.39, 0.29) is 6.61 Å². The minimum absolute atomic E-state index is 0.279. The van der Waals surface area contributed by atoms with Crippen molar-refractivity contribution in [3.05, 3.63) is 21.9 Å². The Morgan fingerprint density at radius 2 is 2.19 bits per heavy atom. The fraction of sp³-hybridized carbons (Fsp3) is 0.583. The van der Waals surface area contributed by atoms with Crippen molar-refractivity contribution in [2.45, 2.75) is 32.6 Å². The Morgan fingerprint density at radius 1 is 1.44 bits per heavy atom. The number of hydrogen-bond acceptors (Lipinski definition) is 2. The predicted molar refractivity (Wildman–Crippen MR) is 70.3 cm³/mol. The van der Waals surface area contributed by atoms with Gasteiger partial charge in [-0.3, -0.25) is 4.68 Å². The van der Waals surface area contributed by atoms with Crippen molar-refractivity contribution in [3.63, 3.8) is 0 Å². The molecule has 0 unspecified atom stereocenters. The molecule has 0 amide bonds. The molecule has 1 heterocycles. The molecule has 16 heavy (non-hydrogen) atoms. The summed E-state index contributed by atoms with van der Waals surface area (Å²) in [4.78, 5) is 0. The summed E-state index contributed by atoms with van der Waals surface area (Å²) in [5.41, 5.74) is 2.21. The van der Waals surface area contributed by atoms with Crippen molar-refractivity contribution in [2.24, 2.45) is 7.05 Å². The molecule has 0 saturated heterocycles. The fourth-order valence-electron chi connectivity index (χ4n) is 1.62. The number of allylic oxidation sites excluding steroid dienone is 1. The predicted octanol–water partition coefficient (Wildman–Crippen LogP) is 2.92. The summed E-state index contributed by atoms with van der Waals surface area (Å²) in [6.07, 6.45) is 8.02. The van der Waals surface area contributed by atoms with E-state index in [2.05, 4.69) is 34.0 Å². The molecule has 1 rings (SSSR count). The van der Waals surface area contributed by atoms with Gasteiger partial charge in [0.15, 0.2) is 0 Å². The molecular weight excluding hydrogens is 268 g/mol. The number of aliphatic hydroxyl groups is 1. The van der Waals surface area contributed by atoms with E-state index in [0.717, 1.165) is 35.8 Å². The van der Waals surface area contributed by atoms with E-state index < -0.39 is 0 Å². The van der Waals surface area contributed by atoms with Gasteiger partial charge >= 0.3 is 0 Å². The van der Waals surface area contributed by atoms with E-state index in [1.54, 1.807) is 0 Å². The first-order chi connectivity index (χ1) is 7.70. The van der Waals surface area contributed by atoms with Crippen LogP contribution in [0.15, 0.2) is 10.5 Å². The van der Waals surface area contributed by atoms with E-state index in [1.807, 2.05) is 17.8 Å². The molecule has 1 N–H and O–H groups in total. The number of nitrogens with zero attached hydrogens (tertiary/aromatic N) is 2. The average molecular weight is 287 g/mol. The number of halogens is 1. The van der Waals surface area contributed by atoms with Crippen LogP contribution in [0.1, 0.15) is 37.6 Å². The lowest BCUT2D eigenvalue weighted by atomic mass is 10.2. The van der Waals surface area contributed by atoms with Crippen LogP contribution < -0.4 is 0 Å². The first-order valence-corrected chi connectivity index (χ1v) is 6.48. The Labute approximate surface area is 105 Å². The SMILES string of the molecule is CCc1c(Br)c(C=CCCCCO)nn1C. The number of aryl methyl sites for hydroxylation is 1.